The number of hydrogen-bond acceptors (Lipinski definition) is 7. The molecule has 0 spiro atoms. The fraction of sp³-hybridized carbons (Fsp3) is 0.467. The lowest BCUT2D eigenvalue weighted by Crippen LogP contribution is -2.36. The summed E-state index contributed by atoms with van der Waals surface area (Å²) in [5.74, 6) is 0.619. The van der Waals surface area contributed by atoms with E-state index in [9.17, 15) is 4.79 Å². The van der Waals surface area contributed by atoms with Gasteiger partial charge >= 0.3 is 0 Å². The second kappa shape index (κ2) is 8.25. The van der Waals surface area contributed by atoms with Gasteiger partial charge in [-0.2, -0.15) is 10.2 Å². The predicted octanol–water partition coefficient (Wildman–Crippen LogP) is -0.262. The maximum atomic E-state index is 11.7. The van der Waals surface area contributed by atoms with Gasteiger partial charge in [0.2, 0.25) is 5.91 Å². The van der Waals surface area contributed by atoms with Gasteiger partial charge in [0.25, 0.3) is 0 Å². The molecule has 0 radical (unpaired) electrons. The third-order valence-corrected chi connectivity index (χ3v) is 3.63. The van der Waals surface area contributed by atoms with Gasteiger partial charge in [-0.1, -0.05) is 0 Å². The van der Waals surface area contributed by atoms with Gasteiger partial charge in [0.05, 0.1) is 25.1 Å². The number of carbonyl (C=O) groups is 1. The van der Waals surface area contributed by atoms with E-state index in [4.69, 9.17) is 4.74 Å². The number of morpholine rings is 1. The van der Waals surface area contributed by atoms with E-state index < -0.39 is 0 Å². The fourth-order valence-electron chi connectivity index (χ4n) is 2.43. The lowest BCUT2D eigenvalue weighted by atomic mass is 10.3. The molecule has 24 heavy (non-hydrogen) atoms. The molecule has 0 unspecified atom stereocenters. The van der Waals surface area contributed by atoms with E-state index in [0.717, 1.165) is 32.0 Å². The number of nitrogens with one attached hydrogen (secondary N) is 2. The summed E-state index contributed by atoms with van der Waals surface area (Å²) in [6.07, 6.45) is 5.15. The van der Waals surface area contributed by atoms with Gasteiger partial charge in [0.1, 0.15) is 6.54 Å². The van der Waals surface area contributed by atoms with Crippen molar-refractivity contribution in [1.82, 2.24) is 25.3 Å². The Kier molecular flexibility index (Phi) is 5.56. The van der Waals surface area contributed by atoms with Gasteiger partial charge < -0.3 is 20.3 Å². The number of rotatable bonds is 7. The van der Waals surface area contributed by atoms with E-state index in [2.05, 4.69) is 30.8 Å². The summed E-state index contributed by atoms with van der Waals surface area (Å²) in [5.41, 5.74) is 1.03. The normalized spacial score (nSPS) is 14.4. The first kappa shape index (κ1) is 16.2. The predicted molar refractivity (Wildman–Crippen MR) is 88.8 cm³/mol. The highest BCUT2D eigenvalue weighted by molar-refractivity contribution is 5.75. The number of nitrogens with zero attached hydrogens (tertiary/aromatic N) is 5. The van der Waals surface area contributed by atoms with E-state index >= 15 is 0 Å². The Morgan fingerprint density at radius 1 is 1.29 bits per heavy atom. The van der Waals surface area contributed by atoms with Crippen molar-refractivity contribution in [2.45, 2.75) is 6.54 Å². The van der Waals surface area contributed by atoms with Crippen LogP contribution in [0.1, 0.15) is 0 Å². The van der Waals surface area contributed by atoms with Crippen molar-refractivity contribution in [2.75, 3.05) is 49.6 Å². The molecule has 1 aliphatic heterocycles. The van der Waals surface area contributed by atoms with Gasteiger partial charge in [-0.05, 0) is 6.07 Å². The van der Waals surface area contributed by atoms with Crippen molar-refractivity contribution < 1.29 is 9.53 Å². The molecule has 2 N–H and O–H groups in total. The SMILES string of the molecule is O=C(Cn1cccn1)NCCNc1cc(N2CCOCC2)cnn1. The zero-order valence-electron chi connectivity index (χ0n) is 13.4. The molecular formula is C15H21N7O2. The van der Waals surface area contributed by atoms with Crippen LogP contribution in [0.4, 0.5) is 11.5 Å². The molecule has 2 aromatic heterocycles. The highest BCUT2D eigenvalue weighted by atomic mass is 16.5. The highest BCUT2D eigenvalue weighted by Gasteiger charge is 2.12. The Hall–Kier alpha value is -2.68. The van der Waals surface area contributed by atoms with Crippen LogP contribution in [0.5, 0.6) is 0 Å². The maximum absolute atomic E-state index is 11.7. The Labute approximate surface area is 140 Å². The summed E-state index contributed by atoms with van der Waals surface area (Å²) in [4.78, 5) is 14.0. The van der Waals surface area contributed by atoms with Crippen LogP contribution in [0.25, 0.3) is 0 Å². The lowest BCUT2D eigenvalue weighted by molar-refractivity contribution is -0.121. The Balaban J connectivity index is 1.40. The molecule has 1 aliphatic rings. The van der Waals surface area contributed by atoms with Crippen LogP contribution >= 0.6 is 0 Å². The van der Waals surface area contributed by atoms with Crippen LogP contribution in [0.3, 0.4) is 0 Å². The fourth-order valence-corrected chi connectivity index (χ4v) is 2.43. The van der Waals surface area contributed by atoms with Crippen LogP contribution in [0.2, 0.25) is 0 Å². The molecule has 0 aromatic carbocycles. The smallest absolute Gasteiger partial charge is 0.241 e. The second-order valence-electron chi connectivity index (χ2n) is 5.38. The van der Waals surface area contributed by atoms with Crippen molar-refractivity contribution >= 4 is 17.4 Å². The zero-order chi connectivity index (χ0) is 16.6. The topological polar surface area (TPSA) is 97.2 Å². The van der Waals surface area contributed by atoms with Crippen molar-refractivity contribution in [1.29, 1.82) is 0 Å². The summed E-state index contributed by atoms with van der Waals surface area (Å²) in [7, 11) is 0. The first-order chi connectivity index (χ1) is 11.8. The monoisotopic (exact) mass is 331 g/mol. The number of anilines is 2. The van der Waals surface area contributed by atoms with E-state index in [-0.39, 0.29) is 12.5 Å². The lowest BCUT2D eigenvalue weighted by Gasteiger charge is -2.28. The molecule has 1 fully saturated rings. The van der Waals surface area contributed by atoms with E-state index in [1.165, 1.54) is 0 Å². The largest absolute Gasteiger partial charge is 0.378 e. The van der Waals surface area contributed by atoms with Crippen molar-refractivity contribution in [3.05, 3.63) is 30.7 Å². The van der Waals surface area contributed by atoms with Crippen LogP contribution < -0.4 is 15.5 Å². The molecule has 9 heteroatoms. The average Bonchev–Trinajstić information content (AvgIpc) is 3.13. The Morgan fingerprint density at radius 2 is 2.17 bits per heavy atom. The standard InChI is InChI=1S/C15H21N7O2/c23-15(12-22-5-1-2-19-22)17-4-3-16-14-10-13(11-18-20-14)21-6-8-24-9-7-21/h1-2,5,10-11H,3-4,6-9,12H2,(H,16,20)(H,17,23). The zero-order valence-corrected chi connectivity index (χ0v) is 13.4. The number of amides is 1. The summed E-state index contributed by atoms with van der Waals surface area (Å²) in [5, 5.41) is 18.1. The molecule has 0 saturated carbocycles. The van der Waals surface area contributed by atoms with Gasteiger partial charge in [0.15, 0.2) is 5.82 Å². The van der Waals surface area contributed by atoms with Gasteiger partial charge in [0, 0.05) is 44.6 Å². The molecule has 0 aliphatic carbocycles. The summed E-state index contributed by atoms with van der Waals surface area (Å²) >= 11 is 0. The van der Waals surface area contributed by atoms with Gasteiger partial charge in [-0.25, -0.2) is 0 Å². The van der Waals surface area contributed by atoms with E-state index in [1.54, 1.807) is 29.3 Å². The number of ether oxygens (including phenoxy) is 1. The molecular weight excluding hydrogens is 310 g/mol. The molecule has 1 amide bonds. The average molecular weight is 331 g/mol. The molecule has 2 aromatic rings. The van der Waals surface area contributed by atoms with Crippen LogP contribution in [-0.4, -0.2) is 65.3 Å². The minimum atomic E-state index is -0.0753. The molecule has 1 saturated heterocycles. The highest BCUT2D eigenvalue weighted by Crippen LogP contribution is 2.16. The van der Waals surface area contributed by atoms with Crippen LogP contribution in [-0.2, 0) is 16.1 Å². The molecule has 0 bridgehead atoms. The number of carbonyl (C=O) groups excluding carboxylic acids is 1. The number of hydrogen-bond donors (Lipinski definition) is 2. The second-order valence-corrected chi connectivity index (χ2v) is 5.38. The van der Waals surface area contributed by atoms with Gasteiger partial charge in [-0.15, -0.1) is 5.10 Å². The van der Waals surface area contributed by atoms with E-state index in [1.807, 2.05) is 6.07 Å². The van der Waals surface area contributed by atoms with Crippen molar-refractivity contribution in [3.8, 4) is 0 Å². The van der Waals surface area contributed by atoms with E-state index in [0.29, 0.717) is 18.9 Å². The Bertz CT molecular complexity index is 641. The minimum absolute atomic E-state index is 0.0753. The van der Waals surface area contributed by atoms with Crippen LogP contribution in [0, 0.1) is 0 Å². The summed E-state index contributed by atoms with van der Waals surface area (Å²) in [6, 6.07) is 3.75. The van der Waals surface area contributed by atoms with Crippen LogP contribution in [0.15, 0.2) is 30.7 Å². The summed E-state index contributed by atoms with van der Waals surface area (Å²) in [6.45, 7) is 4.47. The van der Waals surface area contributed by atoms with Crippen molar-refractivity contribution in [2.24, 2.45) is 0 Å². The molecule has 9 nitrogen and oxygen atoms in total. The third-order valence-electron chi connectivity index (χ3n) is 3.63. The van der Waals surface area contributed by atoms with Crippen molar-refractivity contribution in [3.63, 3.8) is 0 Å². The molecule has 3 rings (SSSR count). The summed E-state index contributed by atoms with van der Waals surface area (Å²) < 4.78 is 6.93. The Morgan fingerprint density at radius 3 is 2.96 bits per heavy atom. The quantitative estimate of drug-likeness (QED) is 0.675. The minimum Gasteiger partial charge on any atom is -0.378 e. The maximum Gasteiger partial charge on any atom is 0.241 e. The molecule has 3 heterocycles. The number of aromatic nitrogens is 4. The molecule has 128 valence electrons. The third kappa shape index (κ3) is 4.66. The first-order valence-electron chi connectivity index (χ1n) is 7.95. The molecule has 0 atom stereocenters. The van der Waals surface area contributed by atoms with Gasteiger partial charge in [-0.3, -0.25) is 9.48 Å². The first-order valence-corrected chi connectivity index (χ1v) is 7.95.